The summed E-state index contributed by atoms with van der Waals surface area (Å²) in [4.78, 5) is 28.3. The Labute approximate surface area is 154 Å². The molecule has 0 amide bonds. The van der Waals surface area contributed by atoms with E-state index in [1.165, 1.54) is 39.3 Å². The molecule has 4 rings (SSSR count). The second-order valence-electron chi connectivity index (χ2n) is 6.66. The Kier molecular flexibility index (Phi) is 4.60. The van der Waals surface area contributed by atoms with Gasteiger partial charge in [0, 0.05) is 6.42 Å². The molecule has 7 heteroatoms. The zero-order chi connectivity index (χ0) is 18.8. The molecule has 0 bridgehead atoms. The fraction of sp³-hybridized carbons (Fsp3) is 0.200. The van der Waals surface area contributed by atoms with Crippen LogP contribution < -0.4 is 21.5 Å². The predicted molar refractivity (Wildman–Crippen MR) is 101 cm³/mol. The summed E-state index contributed by atoms with van der Waals surface area (Å²) in [6.07, 6.45) is 0.905. The van der Waals surface area contributed by atoms with E-state index >= 15 is 0 Å². The van der Waals surface area contributed by atoms with Crippen LogP contribution in [0.25, 0.3) is 5.69 Å². The standard InChI is InChI=1S/C20H19FN4O2/c21-15-6-8-16(9-7-15)25-18-17(19(26)23-20(25)27)12-24(13-22-18)11-10-14-4-2-1-3-5-14/h1-9,22H,10-13H2,(H,23,26,27)/p+1. The lowest BCUT2D eigenvalue weighted by Crippen LogP contribution is -3.13. The molecule has 27 heavy (non-hydrogen) atoms. The lowest BCUT2D eigenvalue weighted by Gasteiger charge is -2.28. The van der Waals surface area contributed by atoms with Crippen LogP contribution in [-0.2, 0) is 13.0 Å². The smallest absolute Gasteiger partial charge is 0.324 e. The topological polar surface area (TPSA) is 71.3 Å². The molecule has 138 valence electrons. The number of H-pyrrole nitrogens is 1. The third-order valence-corrected chi connectivity index (χ3v) is 4.83. The number of aromatic amines is 1. The van der Waals surface area contributed by atoms with Crippen molar-refractivity contribution in [2.24, 2.45) is 0 Å². The first kappa shape index (κ1) is 17.2. The number of hydrogen-bond acceptors (Lipinski definition) is 3. The second-order valence-corrected chi connectivity index (χ2v) is 6.66. The summed E-state index contributed by atoms with van der Waals surface area (Å²) in [6.45, 7) is 1.99. The van der Waals surface area contributed by atoms with Crippen LogP contribution in [-0.4, -0.2) is 22.8 Å². The highest BCUT2D eigenvalue weighted by molar-refractivity contribution is 5.50. The number of anilines is 1. The van der Waals surface area contributed by atoms with Crippen molar-refractivity contribution in [3.63, 3.8) is 0 Å². The second kappa shape index (κ2) is 7.20. The van der Waals surface area contributed by atoms with Crippen LogP contribution in [0, 0.1) is 5.82 Å². The maximum absolute atomic E-state index is 13.2. The first-order valence-electron chi connectivity index (χ1n) is 8.87. The number of hydrogen-bond donors (Lipinski definition) is 3. The van der Waals surface area contributed by atoms with E-state index in [1.807, 2.05) is 18.2 Å². The summed E-state index contributed by atoms with van der Waals surface area (Å²) in [5, 5.41) is 3.22. The Balaban J connectivity index is 1.62. The van der Waals surface area contributed by atoms with Crippen molar-refractivity contribution in [2.45, 2.75) is 13.0 Å². The number of quaternary nitrogens is 1. The monoisotopic (exact) mass is 367 g/mol. The molecule has 0 saturated heterocycles. The van der Waals surface area contributed by atoms with E-state index in [4.69, 9.17) is 0 Å². The lowest BCUT2D eigenvalue weighted by atomic mass is 10.1. The van der Waals surface area contributed by atoms with E-state index in [2.05, 4.69) is 22.4 Å². The maximum Gasteiger partial charge on any atom is 0.334 e. The third kappa shape index (κ3) is 3.54. The quantitative estimate of drug-likeness (QED) is 0.635. The van der Waals surface area contributed by atoms with E-state index in [9.17, 15) is 14.0 Å². The number of halogens is 1. The summed E-state index contributed by atoms with van der Waals surface area (Å²) in [5.41, 5.74) is 1.38. The molecule has 0 saturated carbocycles. The van der Waals surface area contributed by atoms with Gasteiger partial charge in [-0.2, -0.15) is 0 Å². The van der Waals surface area contributed by atoms with E-state index < -0.39 is 5.69 Å². The Morgan fingerprint density at radius 2 is 1.78 bits per heavy atom. The van der Waals surface area contributed by atoms with E-state index in [0.29, 0.717) is 30.3 Å². The highest BCUT2D eigenvalue weighted by Gasteiger charge is 2.25. The number of benzene rings is 2. The summed E-state index contributed by atoms with van der Waals surface area (Å²) in [6, 6.07) is 15.8. The van der Waals surface area contributed by atoms with Gasteiger partial charge in [0.1, 0.15) is 23.7 Å². The van der Waals surface area contributed by atoms with Gasteiger partial charge >= 0.3 is 5.69 Å². The SMILES string of the molecule is O=c1[nH]c(=O)n(-c2ccc(F)cc2)c2c1C[NH+](CCc1ccccc1)CN2. The minimum atomic E-state index is -0.536. The van der Waals surface area contributed by atoms with E-state index in [-0.39, 0.29) is 11.4 Å². The van der Waals surface area contributed by atoms with Crippen LogP contribution in [0.2, 0.25) is 0 Å². The van der Waals surface area contributed by atoms with Gasteiger partial charge in [0.05, 0.1) is 12.2 Å². The van der Waals surface area contributed by atoms with Gasteiger partial charge in [-0.15, -0.1) is 0 Å². The van der Waals surface area contributed by atoms with Crippen LogP contribution in [0.15, 0.2) is 64.2 Å². The van der Waals surface area contributed by atoms with Gasteiger partial charge in [0.2, 0.25) is 0 Å². The van der Waals surface area contributed by atoms with Gasteiger partial charge in [0.25, 0.3) is 5.56 Å². The van der Waals surface area contributed by atoms with Crippen LogP contribution in [0.3, 0.4) is 0 Å². The average Bonchev–Trinajstić information content (AvgIpc) is 2.69. The van der Waals surface area contributed by atoms with Crippen LogP contribution >= 0.6 is 0 Å². The summed E-state index contributed by atoms with van der Waals surface area (Å²) < 4.78 is 14.6. The maximum atomic E-state index is 13.2. The van der Waals surface area contributed by atoms with Crippen molar-refractivity contribution in [3.8, 4) is 5.69 Å². The molecule has 0 radical (unpaired) electrons. The normalized spacial score (nSPS) is 15.8. The molecule has 2 aromatic carbocycles. The molecule has 1 atom stereocenters. The van der Waals surface area contributed by atoms with Gasteiger partial charge in [-0.25, -0.2) is 13.8 Å². The van der Waals surface area contributed by atoms with Gasteiger partial charge in [-0.3, -0.25) is 9.78 Å². The molecule has 1 aliphatic rings. The van der Waals surface area contributed by atoms with Gasteiger partial charge in [-0.05, 0) is 29.8 Å². The van der Waals surface area contributed by atoms with Crippen molar-refractivity contribution in [3.05, 3.63) is 92.4 Å². The minimum absolute atomic E-state index is 0.377. The van der Waals surface area contributed by atoms with Gasteiger partial charge in [0.15, 0.2) is 6.67 Å². The van der Waals surface area contributed by atoms with Gasteiger partial charge in [-0.1, -0.05) is 30.3 Å². The molecule has 2 heterocycles. The highest BCUT2D eigenvalue weighted by atomic mass is 19.1. The Morgan fingerprint density at radius 1 is 1.04 bits per heavy atom. The summed E-state index contributed by atoms with van der Waals surface area (Å²) in [5.74, 6) is 0.105. The van der Waals surface area contributed by atoms with Crippen LogP contribution in [0.1, 0.15) is 11.1 Å². The first-order valence-corrected chi connectivity index (χ1v) is 8.87. The summed E-state index contributed by atoms with van der Waals surface area (Å²) >= 11 is 0. The van der Waals surface area contributed by atoms with E-state index in [1.54, 1.807) is 0 Å². The molecule has 3 N–H and O–H groups in total. The van der Waals surface area contributed by atoms with Crippen molar-refractivity contribution < 1.29 is 9.29 Å². The lowest BCUT2D eigenvalue weighted by molar-refractivity contribution is -0.912. The van der Waals surface area contributed by atoms with Crippen molar-refractivity contribution in [2.75, 3.05) is 18.5 Å². The molecular formula is C20H20FN4O2+. The van der Waals surface area contributed by atoms with Crippen LogP contribution in [0.4, 0.5) is 10.2 Å². The molecule has 1 aliphatic heterocycles. The molecule has 0 fully saturated rings. The number of nitrogens with zero attached hydrogens (tertiary/aromatic N) is 1. The largest absolute Gasteiger partial charge is 0.334 e. The fourth-order valence-corrected chi connectivity index (χ4v) is 3.42. The Morgan fingerprint density at radius 3 is 2.52 bits per heavy atom. The zero-order valence-corrected chi connectivity index (χ0v) is 14.7. The summed E-state index contributed by atoms with van der Waals surface area (Å²) in [7, 11) is 0. The van der Waals surface area contributed by atoms with Crippen LogP contribution in [0.5, 0.6) is 0 Å². The Bertz CT molecular complexity index is 1060. The third-order valence-electron chi connectivity index (χ3n) is 4.83. The average molecular weight is 367 g/mol. The van der Waals surface area contributed by atoms with Crippen molar-refractivity contribution >= 4 is 5.82 Å². The number of nitrogens with one attached hydrogen (secondary N) is 3. The van der Waals surface area contributed by atoms with Crippen molar-refractivity contribution in [1.29, 1.82) is 0 Å². The zero-order valence-electron chi connectivity index (χ0n) is 14.7. The molecule has 0 spiro atoms. The molecule has 0 aliphatic carbocycles. The van der Waals surface area contributed by atoms with Gasteiger partial charge < -0.3 is 10.2 Å². The molecule has 3 aromatic rings. The number of rotatable bonds is 4. The fourth-order valence-electron chi connectivity index (χ4n) is 3.42. The molecular weight excluding hydrogens is 347 g/mol. The molecule has 6 nitrogen and oxygen atoms in total. The number of aromatic nitrogens is 2. The molecule has 1 aromatic heterocycles. The number of fused-ring (bicyclic) bond motifs is 1. The predicted octanol–water partition coefficient (Wildman–Crippen LogP) is 0.675. The minimum Gasteiger partial charge on any atom is -0.324 e. The molecule has 1 unspecified atom stereocenters. The highest BCUT2D eigenvalue weighted by Crippen LogP contribution is 2.16. The van der Waals surface area contributed by atoms with E-state index in [0.717, 1.165) is 13.0 Å². The van der Waals surface area contributed by atoms with Crippen molar-refractivity contribution in [1.82, 2.24) is 9.55 Å². The Hall–Kier alpha value is -3.19. The first-order chi connectivity index (χ1) is 13.1.